The number of carbonyl (C=O) groups is 1. The van der Waals surface area contributed by atoms with Crippen LogP contribution in [0, 0.1) is 0 Å². The number of carbonyl (C=O) groups excluding carboxylic acids is 1. The van der Waals surface area contributed by atoms with E-state index in [1.165, 1.54) is 7.11 Å². The second-order valence-corrected chi connectivity index (χ2v) is 8.73. The lowest BCUT2D eigenvalue weighted by atomic mass is 10.1. The van der Waals surface area contributed by atoms with E-state index in [-0.39, 0.29) is 11.9 Å². The maximum absolute atomic E-state index is 12.6. The Morgan fingerprint density at radius 2 is 1.94 bits per heavy atom. The van der Waals surface area contributed by atoms with Gasteiger partial charge in [0, 0.05) is 32.4 Å². The Kier molecular flexibility index (Phi) is 6.09. The third kappa shape index (κ3) is 4.76. The molecule has 0 aliphatic carbocycles. The summed E-state index contributed by atoms with van der Waals surface area (Å²) in [7, 11) is 1.51. The van der Waals surface area contributed by atoms with Crippen molar-refractivity contribution in [3.05, 3.63) is 66.4 Å². The maximum Gasteiger partial charge on any atom is 0.259 e. The van der Waals surface area contributed by atoms with Crippen molar-refractivity contribution in [3.8, 4) is 0 Å². The molecule has 3 aromatic heterocycles. The van der Waals surface area contributed by atoms with Crippen molar-refractivity contribution in [2.75, 3.05) is 35.7 Å². The summed E-state index contributed by atoms with van der Waals surface area (Å²) in [4.78, 5) is 23.8. The molecule has 1 amide bonds. The maximum atomic E-state index is 12.6. The Bertz CT molecular complexity index is 1200. The number of pyridine rings is 1. The molecule has 2 atom stereocenters. The quantitative estimate of drug-likeness (QED) is 0.431. The van der Waals surface area contributed by atoms with Gasteiger partial charge in [-0.05, 0) is 36.2 Å². The highest BCUT2D eigenvalue weighted by molar-refractivity contribution is 7.22. The summed E-state index contributed by atoms with van der Waals surface area (Å²) in [6.07, 6.45) is 2.02. The Hall–Kier alpha value is -3.63. The van der Waals surface area contributed by atoms with Gasteiger partial charge in [0.25, 0.3) is 5.91 Å². The van der Waals surface area contributed by atoms with Crippen molar-refractivity contribution in [2.24, 2.45) is 0 Å². The molecule has 0 spiro atoms. The number of aromatic nitrogens is 4. The van der Waals surface area contributed by atoms with Crippen LogP contribution in [-0.4, -0.2) is 52.3 Å². The highest BCUT2D eigenvalue weighted by atomic mass is 32.1. The number of hydrogen-bond donors (Lipinski definition) is 2. The summed E-state index contributed by atoms with van der Waals surface area (Å²) in [5, 5.41) is 15.6. The SMILES string of the molecule is COC(C(=O)Nc1ccc(NC2CCN(c3nc4ncccc4s3)C2)nn1)c1ccccc1. The molecule has 0 radical (unpaired) electrons. The molecule has 4 heterocycles. The highest BCUT2D eigenvalue weighted by Crippen LogP contribution is 2.30. The zero-order valence-electron chi connectivity index (χ0n) is 18.0. The lowest BCUT2D eigenvalue weighted by Crippen LogP contribution is -2.26. The molecule has 5 rings (SSSR count). The van der Waals surface area contributed by atoms with Gasteiger partial charge in [0.05, 0.1) is 4.70 Å². The molecule has 9 nitrogen and oxygen atoms in total. The molecule has 10 heteroatoms. The fourth-order valence-corrected chi connectivity index (χ4v) is 4.80. The van der Waals surface area contributed by atoms with Crippen LogP contribution in [0.4, 0.5) is 16.8 Å². The van der Waals surface area contributed by atoms with Crippen LogP contribution in [0.1, 0.15) is 18.1 Å². The van der Waals surface area contributed by atoms with Gasteiger partial charge < -0.3 is 20.3 Å². The molecule has 0 saturated carbocycles. The molecule has 33 heavy (non-hydrogen) atoms. The minimum Gasteiger partial charge on any atom is -0.367 e. The normalized spacial score (nSPS) is 16.6. The van der Waals surface area contributed by atoms with Crippen LogP contribution < -0.4 is 15.5 Å². The van der Waals surface area contributed by atoms with E-state index in [0.717, 1.165) is 40.6 Å². The van der Waals surface area contributed by atoms with Crippen LogP contribution in [0.3, 0.4) is 0 Å². The fourth-order valence-electron chi connectivity index (χ4n) is 3.84. The smallest absolute Gasteiger partial charge is 0.259 e. The van der Waals surface area contributed by atoms with Gasteiger partial charge >= 0.3 is 0 Å². The Morgan fingerprint density at radius 3 is 2.70 bits per heavy atom. The average molecular weight is 462 g/mol. The standard InChI is InChI=1S/C23H23N7O2S/c1-32-20(15-6-3-2-4-7-15)22(31)26-19-10-9-18(28-29-19)25-16-11-13-30(14-16)23-27-21-17(33-23)8-5-12-24-21/h2-10,12,16,20H,11,13-14H2,1H3,(H,25,28)(H,26,29,31). The predicted molar refractivity (Wildman–Crippen MR) is 129 cm³/mol. The summed E-state index contributed by atoms with van der Waals surface area (Å²) in [5.41, 5.74) is 1.57. The van der Waals surface area contributed by atoms with E-state index in [1.807, 2.05) is 48.5 Å². The first kappa shape index (κ1) is 21.2. The lowest BCUT2D eigenvalue weighted by Gasteiger charge is -2.16. The fraction of sp³-hybridized carbons (Fsp3) is 0.261. The monoisotopic (exact) mass is 461 g/mol. The number of rotatable bonds is 7. The number of amides is 1. The zero-order chi connectivity index (χ0) is 22.6. The molecule has 2 unspecified atom stereocenters. The Labute approximate surface area is 194 Å². The number of nitrogens with zero attached hydrogens (tertiary/aromatic N) is 5. The van der Waals surface area contributed by atoms with Gasteiger partial charge in [0.15, 0.2) is 22.7 Å². The number of anilines is 3. The van der Waals surface area contributed by atoms with Gasteiger partial charge in [-0.15, -0.1) is 10.2 Å². The first-order valence-electron chi connectivity index (χ1n) is 10.6. The van der Waals surface area contributed by atoms with E-state index in [4.69, 9.17) is 4.74 Å². The van der Waals surface area contributed by atoms with Crippen LogP contribution >= 0.6 is 11.3 Å². The molecule has 1 aliphatic heterocycles. The van der Waals surface area contributed by atoms with Crippen molar-refractivity contribution in [2.45, 2.75) is 18.6 Å². The van der Waals surface area contributed by atoms with E-state index < -0.39 is 6.10 Å². The van der Waals surface area contributed by atoms with E-state index in [0.29, 0.717) is 11.6 Å². The predicted octanol–water partition coefficient (Wildman–Crippen LogP) is 3.50. The minimum atomic E-state index is -0.715. The van der Waals surface area contributed by atoms with E-state index in [1.54, 1.807) is 23.6 Å². The Balaban J connectivity index is 1.17. The van der Waals surface area contributed by atoms with E-state index in [2.05, 4.69) is 35.7 Å². The number of thiazole rings is 1. The number of methoxy groups -OCH3 is 1. The van der Waals surface area contributed by atoms with Crippen LogP contribution in [0.25, 0.3) is 10.3 Å². The molecule has 1 fully saturated rings. The molecule has 1 aromatic carbocycles. The second kappa shape index (κ2) is 9.47. The van der Waals surface area contributed by atoms with Crippen LogP contribution in [0.5, 0.6) is 0 Å². The van der Waals surface area contributed by atoms with Gasteiger partial charge in [-0.3, -0.25) is 4.79 Å². The number of ether oxygens (including phenoxy) is 1. The summed E-state index contributed by atoms with van der Waals surface area (Å²) in [5.74, 6) is 0.742. The van der Waals surface area contributed by atoms with Crippen molar-refractivity contribution in [1.29, 1.82) is 0 Å². The second-order valence-electron chi connectivity index (χ2n) is 7.72. The van der Waals surface area contributed by atoms with E-state index >= 15 is 0 Å². The molecule has 4 aromatic rings. The molecular weight excluding hydrogens is 438 g/mol. The number of fused-ring (bicyclic) bond motifs is 1. The van der Waals surface area contributed by atoms with Crippen molar-refractivity contribution < 1.29 is 9.53 Å². The summed E-state index contributed by atoms with van der Waals surface area (Å²) in [6.45, 7) is 1.74. The lowest BCUT2D eigenvalue weighted by molar-refractivity contribution is -0.126. The zero-order valence-corrected chi connectivity index (χ0v) is 18.8. The molecule has 168 valence electrons. The van der Waals surface area contributed by atoms with Gasteiger partial charge in [-0.2, -0.15) is 4.98 Å². The largest absolute Gasteiger partial charge is 0.367 e. The topological polar surface area (TPSA) is 105 Å². The van der Waals surface area contributed by atoms with Gasteiger partial charge in [0.2, 0.25) is 0 Å². The molecule has 1 saturated heterocycles. The summed E-state index contributed by atoms with van der Waals surface area (Å²) < 4.78 is 6.46. The molecule has 0 bridgehead atoms. The molecule has 1 aliphatic rings. The third-order valence-electron chi connectivity index (χ3n) is 5.46. The molecular formula is C23H23N7O2S. The third-order valence-corrected chi connectivity index (χ3v) is 6.53. The average Bonchev–Trinajstić information content (AvgIpc) is 3.48. The number of hydrogen-bond acceptors (Lipinski definition) is 9. The summed E-state index contributed by atoms with van der Waals surface area (Å²) in [6, 6.07) is 17.1. The first-order chi connectivity index (χ1) is 16.2. The van der Waals surface area contributed by atoms with Crippen LogP contribution in [0.2, 0.25) is 0 Å². The summed E-state index contributed by atoms with van der Waals surface area (Å²) >= 11 is 1.66. The first-order valence-corrected chi connectivity index (χ1v) is 11.5. The van der Waals surface area contributed by atoms with Gasteiger partial charge in [0.1, 0.15) is 5.82 Å². The van der Waals surface area contributed by atoms with Gasteiger partial charge in [-0.25, -0.2) is 4.98 Å². The van der Waals surface area contributed by atoms with Crippen molar-refractivity contribution in [3.63, 3.8) is 0 Å². The van der Waals surface area contributed by atoms with E-state index in [9.17, 15) is 4.79 Å². The van der Waals surface area contributed by atoms with Crippen molar-refractivity contribution in [1.82, 2.24) is 20.2 Å². The highest BCUT2D eigenvalue weighted by Gasteiger charge is 2.25. The molecule has 2 N–H and O–H groups in total. The van der Waals surface area contributed by atoms with Crippen LogP contribution in [0.15, 0.2) is 60.8 Å². The van der Waals surface area contributed by atoms with Crippen molar-refractivity contribution >= 4 is 44.4 Å². The Morgan fingerprint density at radius 1 is 1.12 bits per heavy atom. The van der Waals surface area contributed by atoms with Crippen LogP contribution in [-0.2, 0) is 9.53 Å². The number of benzene rings is 1. The van der Waals surface area contributed by atoms with Gasteiger partial charge in [-0.1, -0.05) is 41.7 Å². The number of nitrogens with one attached hydrogen (secondary N) is 2. The minimum absolute atomic E-state index is 0.232.